The third-order valence-corrected chi connectivity index (χ3v) is 2.39. The van der Waals surface area contributed by atoms with Gasteiger partial charge in [-0.05, 0) is 12.5 Å². The van der Waals surface area contributed by atoms with Gasteiger partial charge in [0.05, 0.1) is 11.1 Å². The van der Waals surface area contributed by atoms with E-state index in [0.29, 0.717) is 17.0 Å². The first-order valence-electron chi connectivity index (χ1n) is 4.83. The van der Waals surface area contributed by atoms with Gasteiger partial charge >= 0.3 is 0 Å². The van der Waals surface area contributed by atoms with Crippen molar-refractivity contribution in [3.05, 3.63) is 22.8 Å². The minimum Gasteiger partial charge on any atom is -0.390 e. The van der Waals surface area contributed by atoms with Gasteiger partial charge in [0, 0.05) is 11.8 Å². The van der Waals surface area contributed by atoms with Crippen LogP contribution >= 0.6 is 11.6 Å². The lowest BCUT2D eigenvalue weighted by molar-refractivity contribution is 0.0134. The molecule has 0 saturated carbocycles. The highest BCUT2D eigenvalue weighted by atomic mass is 35.5. The highest BCUT2D eigenvalue weighted by Crippen LogP contribution is 2.26. The maximum Gasteiger partial charge on any atom is 0.129 e. The molecule has 1 rings (SSSR count). The second-order valence-electron chi connectivity index (χ2n) is 3.43. The van der Waals surface area contributed by atoms with Crippen LogP contribution < -0.4 is 5.73 Å². The van der Waals surface area contributed by atoms with Crippen molar-refractivity contribution in [2.75, 3.05) is 5.73 Å². The molecule has 5 heteroatoms. The molecule has 0 aromatic carbocycles. The van der Waals surface area contributed by atoms with E-state index in [4.69, 9.17) is 17.3 Å². The van der Waals surface area contributed by atoms with Crippen LogP contribution in [0.25, 0.3) is 0 Å². The molecular formula is C10H15ClN2O2. The lowest BCUT2D eigenvalue weighted by Gasteiger charge is -2.18. The third-order valence-electron chi connectivity index (χ3n) is 2.18. The summed E-state index contributed by atoms with van der Waals surface area (Å²) in [5, 5.41) is 19.8. The molecule has 0 fully saturated rings. The van der Waals surface area contributed by atoms with Crippen LogP contribution in [-0.4, -0.2) is 21.3 Å². The van der Waals surface area contributed by atoms with Crippen molar-refractivity contribution in [3.63, 3.8) is 0 Å². The molecule has 0 bridgehead atoms. The highest BCUT2D eigenvalue weighted by molar-refractivity contribution is 6.30. The van der Waals surface area contributed by atoms with Crippen LogP contribution in [0.2, 0.25) is 5.02 Å². The van der Waals surface area contributed by atoms with Gasteiger partial charge < -0.3 is 15.9 Å². The number of nitrogens with two attached hydrogens (primary N) is 1. The van der Waals surface area contributed by atoms with E-state index in [1.165, 1.54) is 12.3 Å². The zero-order chi connectivity index (χ0) is 11.4. The molecule has 0 aliphatic heterocycles. The van der Waals surface area contributed by atoms with Gasteiger partial charge in [0.1, 0.15) is 11.9 Å². The van der Waals surface area contributed by atoms with Crippen molar-refractivity contribution in [1.82, 2.24) is 4.98 Å². The Morgan fingerprint density at radius 3 is 2.80 bits per heavy atom. The number of anilines is 1. The third kappa shape index (κ3) is 3.06. The molecule has 2 atom stereocenters. The molecule has 1 heterocycles. The Morgan fingerprint density at radius 1 is 1.53 bits per heavy atom. The molecule has 0 aliphatic rings. The van der Waals surface area contributed by atoms with E-state index < -0.39 is 12.2 Å². The van der Waals surface area contributed by atoms with Crippen LogP contribution in [0.3, 0.4) is 0 Å². The Bertz CT molecular complexity index is 333. The molecule has 1 aromatic rings. The summed E-state index contributed by atoms with van der Waals surface area (Å²) in [5.74, 6) is 0.196. The minimum absolute atomic E-state index is 0.196. The molecular weight excluding hydrogens is 216 g/mol. The predicted octanol–water partition coefficient (Wildman–Crippen LogP) is 1.51. The lowest BCUT2D eigenvalue weighted by atomic mass is 10.0. The Hall–Kier alpha value is -0.840. The Balaban J connectivity index is 2.89. The number of pyridine rings is 1. The summed E-state index contributed by atoms with van der Waals surface area (Å²) >= 11 is 5.73. The van der Waals surface area contributed by atoms with Crippen molar-refractivity contribution in [1.29, 1.82) is 0 Å². The van der Waals surface area contributed by atoms with Crippen LogP contribution in [-0.2, 0) is 0 Å². The number of aromatic nitrogens is 1. The molecule has 0 radical (unpaired) electrons. The Morgan fingerprint density at radius 2 is 2.20 bits per heavy atom. The van der Waals surface area contributed by atoms with Crippen molar-refractivity contribution < 1.29 is 10.2 Å². The zero-order valence-electron chi connectivity index (χ0n) is 8.52. The normalized spacial score (nSPS) is 14.9. The molecule has 0 amide bonds. The average Bonchev–Trinajstić information content (AvgIpc) is 2.21. The van der Waals surface area contributed by atoms with Gasteiger partial charge in [0.25, 0.3) is 0 Å². The van der Waals surface area contributed by atoms with Crippen molar-refractivity contribution in [2.24, 2.45) is 0 Å². The van der Waals surface area contributed by atoms with Crippen LogP contribution in [0, 0.1) is 0 Å². The quantitative estimate of drug-likeness (QED) is 0.733. The first-order valence-corrected chi connectivity index (χ1v) is 5.21. The number of nitrogen functional groups attached to an aromatic ring is 1. The highest BCUT2D eigenvalue weighted by Gasteiger charge is 2.20. The first kappa shape index (κ1) is 12.2. The summed E-state index contributed by atoms with van der Waals surface area (Å²) in [7, 11) is 0. The molecule has 15 heavy (non-hydrogen) atoms. The molecule has 0 spiro atoms. The fourth-order valence-electron chi connectivity index (χ4n) is 1.36. The second-order valence-corrected chi connectivity index (χ2v) is 3.87. The average molecular weight is 231 g/mol. The van der Waals surface area contributed by atoms with Gasteiger partial charge in [-0.15, -0.1) is 0 Å². The van der Waals surface area contributed by atoms with E-state index in [-0.39, 0.29) is 5.82 Å². The number of rotatable bonds is 4. The molecule has 0 aliphatic carbocycles. The fraction of sp³-hybridized carbons (Fsp3) is 0.500. The van der Waals surface area contributed by atoms with Crippen molar-refractivity contribution >= 4 is 17.4 Å². The summed E-state index contributed by atoms with van der Waals surface area (Å²) in [6.45, 7) is 1.93. The van der Waals surface area contributed by atoms with Gasteiger partial charge in [-0.1, -0.05) is 24.9 Å². The Kier molecular flexibility index (Phi) is 4.32. The van der Waals surface area contributed by atoms with Crippen LogP contribution in [0.4, 0.5) is 5.82 Å². The van der Waals surface area contributed by atoms with Crippen molar-refractivity contribution in [3.8, 4) is 0 Å². The Labute approximate surface area is 93.7 Å². The van der Waals surface area contributed by atoms with Crippen LogP contribution in [0.5, 0.6) is 0 Å². The number of aliphatic hydroxyl groups excluding tert-OH is 2. The molecule has 2 unspecified atom stereocenters. The van der Waals surface area contributed by atoms with Gasteiger partial charge in [0.2, 0.25) is 0 Å². The maximum absolute atomic E-state index is 9.80. The van der Waals surface area contributed by atoms with E-state index in [0.717, 1.165) is 6.42 Å². The summed E-state index contributed by atoms with van der Waals surface area (Å²) in [5.41, 5.74) is 5.96. The van der Waals surface area contributed by atoms with E-state index >= 15 is 0 Å². The molecule has 4 N–H and O–H groups in total. The first-order chi connectivity index (χ1) is 7.06. The standard InChI is InChI=1S/C10H15ClN2O2/c1-2-3-8(14)9(15)7-4-6(11)5-13-10(7)12/h4-5,8-9,14-15H,2-3H2,1H3,(H2,12,13). The van der Waals surface area contributed by atoms with Gasteiger partial charge in [-0.25, -0.2) is 4.98 Å². The number of hydrogen-bond acceptors (Lipinski definition) is 4. The smallest absolute Gasteiger partial charge is 0.129 e. The predicted molar refractivity (Wildman–Crippen MR) is 59.5 cm³/mol. The topological polar surface area (TPSA) is 79.4 Å². The largest absolute Gasteiger partial charge is 0.390 e. The number of aliphatic hydroxyl groups is 2. The summed E-state index contributed by atoms with van der Waals surface area (Å²) in [4.78, 5) is 3.82. The molecule has 4 nitrogen and oxygen atoms in total. The van der Waals surface area contributed by atoms with Crippen molar-refractivity contribution in [2.45, 2.75) is 32.0 Å². The van der Waals surface area contributed by atoms with Crippen LogP contribution in [0.1, 0.15) is 31.4 Å². The van der Waals surface area contributed by atoms with E-state index in [1.807, 2.05) is 6.92 Å². The molecule has 84 valence electrons. The van der Waals surface area contributed by atoms with Gasteiger partial charge in [-0.2, -0.15) is 0 Å². The zero-order valence-corrected chi connectivity index (χ0v) is 9.28. The monoisotopic (exact) mass is 230 g/mol. The summed E-state index contributed by atoms with van der Waals surface area (Å²) in [6.07, 6.45) is 0.826. The summed E-state index contributed by atoms with van der Waals surface area (Å²) in [6, 6.07) is 1.52. The second kappa shape index (κ2) is 5.30. The van der Waals surface area contributed by atoms with Gasteiger partial charge in [0.15, 0.2) is 0 Å². The molecule has 0 saturated heterocycles. The fourth-order valence-corrected chi connectivity index (χ4v) is 1.53. The number of hydrogen-bond donors (Lipinski definition) is 3. The van der Waals surface area contributed by atoms with Crippen LogP contribution in [0.15, 0.2) is 12.3 Å². The molecule has 1 aromatic heterocycles. The number of nitrogens with zero attached hydrogens (tertiary/aromatic N) is 1. The SMILES string of the molecule is CCCC(O)C(O)c1cc(Cl)cnc1N. The lowest BCUT2D eigenvalue weighted by Crippen LogP contribution is -2.19. The summed E-state index contributed by atoms with van der Waals surface area (Å²) < 4.78 is 0. The van der Waals surface area contributed by atoms with Gasteiger partial charge in [-0.3, -0.25) is 0 Å². The van der Waals surface area contributed by atoms with E-state index in [9.17, 15) is 10.2 Å². The van der Waals surface area contributed by atoms with E-state index in [1.54, 1.807) is 0 Å². The minimum atomic E-state index is -1.03. The van der Waals surface area contributed by atoms with E-state index in [2.05, 4.69) is 4.98 Å². The number of halogens is 1. The maximum atomic E-state index is 9.80.